The van der Waals surface area contributed by atoms with Gasteiger partial charge in [0.2, 0.25) is 0 Å². The molecule has 2 N–H and O–H groups in total. The number of halogens is 1. The van der Waals surface area contributed by atoms with Gasteiger partial charge >= 0.3 is 0 Å². The summed E-state index contributed by atoms with van der Waals surface area (Å²) in [5.74, 6) is 0.855. The van der Waals surface area contributed by atoms with E-state index >= 15 is 0 Å². The molecular formula is C20H29FN4O2. The highest BCUT2D eigenvalue weighted by Crippen LogP contribution is 2.14. The van der Waals surface area contributed by atoms with Crippen molar-refractivity contribution >= 4 is 5.96 Å². The topological polar surface area (TPSA) is 78.7 Å². The monoisotopic (exact) mass is 376 g/mol. The standard InChI is InChI=1S/C20H29FN4O2/c1-2-23-20(25-14-18-5-4-17(13-22)12-19(18)21)24-8-3-9-27-15-16-6-10-26-11-7-16/h4-5,12,16H,2-3,6-11,14-15H2,1H3,(H2,23,24,25). The molecule has 0 unspecified atom stereocenters. The second kappa shape index (κ2) is 12.3. The molecule has 6 nitrogen and oxygen atoms in total. The molecule has 1 fully saturated rings. The maximum Gasteiger partial charge on any atom is 0.191 e. The summed E-state index contributed by atoms with van der Waals surface area (Å²) in [6.07, 6.45) is 3.04. The molecule has 1 aliphatic rings. The maximum atomic E-state index is 13.9. The zero-order chi connectivity index (χ0) is 19.3. The van der Waals surface area contributed by atoms with Crippen LogP contribution in [0.3, 0.4) is 0 Å². The number of aliphatic imine (C=N–C) groups is 1. The molecular weight excluding hydrogens is 347 g/mol. The Morgan fingerprint density at radius 3 is 2.89 bits per heavy atom. The second-order valence-corrected chi connectivity index (χ2v) is 6.52. The Balaban J connectivity index is 1.69. The minimum Gasteiger partial charge on any atom is -0.381 e. The van der Waals surface area contributed by atoms with Gasteiger partial charge < -0.3 is 20.1 Å². The Morgan fingerprint density at radius 1 is 1.37 bits per heavy atom. The van der Waals surface area contributed by atoms with Gasteiger partial charge in [0.1, 0.15) is 5.82 Å². The minimum absolute atomic E-state index is 0.215. The van der Waals surface area contributed by atoms with Crippen molar-refractivity contribution < 1.29 is 13.9 Å². The SMILES string of the molecule is CCNC(=NCc1ccc(C#N)cc1F)NCCCOCC1CCOCC1. The summed E-state index contributed by atoms with van der Waals surface area (Å²) in [4.78, 5) is 4.41. The molecule has 1 heterocycles. The highest BCUT2D eigenvalue weighted by molar-refractivity contribution is 5.79. The van der Waals surface area contributed by atoms with Gasteiger partial charge in [-0.05, 0) is 44.2 Å². The molecule has 0 radical (unpaired) electrons. The fourth-order valence-corrected chi connectivity index (χ4v) is 2.80. The largest absolute Gasteiger partial charge is 0.381 e. The van der Waals surface area contributed by atoms with E-state index in [2.05, 4.69) is 15.6 Å². The van der Waals surface area contributed by atoms with E-state index in [-0.39, 0.29) is 6.54 Å². The number of rotatable bonds is 9. The molecule has 7 heteroatoms. The average Bonchev–Trinajstić information content (AvgIpc) is 2.70. The van der Waals surface area contributed by atoms with Crippen molar-refractivity contribution in [3.8, 4) is 6.07 Å². The molecule has 0 saturated carbocycles. The van der Waals surface area contributed by atoms with Crippen LogP contribution in [0, 0.1) is 23.1 Å². The van der Waals surface area contributed by atoms with Crippen molar-refractivity contribution in [1.29, 1.82) is 5.26 Å². The zero-order valence-electron chi connectivity index (χ0n) is 16.0. The first-order valence-electron chi connectivity index (χ1n) is 9.59. The van der Waals surface area contributed by atoms with E-state index in [4.69, 9.17) is 14.7 Å². The number of guanidine groups is 1. The van der Waals surface area contributed by atoms with Crippen molar-refractivity contribution in [2.75, 3.05) is 39.5 Å². The fourth-order valence-electron chi connectivity index (χ4n) is 2.80. The van der Waals surface area contributed by atoms with Crippen LogP contribution >= 0.6 is 0 Å². The number of hydrogen-bond donors (Lipinski definition) is 2. The molecule has 0 amide bonds. The van der Waals surface area contributed by atoms with Gasteiger partial charge in [-0.3, -0.25) is 0 Å². The Hall–Kier alpha value is -2.17. The smallest absolute Gasteiger partial charge is 0.191 e. The Morgan fingerprint density at radius 2 is 2.19 bits per heavy atom. The van der Waals surface area contributed by atoms with E-state index in [1.807, 2.05) is 13.0 Å². The first-order valence-corrected chi connectivity index (χ1v) is 9.59. The maximum absolute atomic E-state index is 13.9. The third kappa shape index (κ3) is 7.94. The summed E-state index contributed by atoms with van der Waals surface area (Å²) >= 11 is 0. The van der Waals surface area contributed by atoms with Crippen LogP contribution < -0.4 is 10.6 Å². The van der Waals surface area contributed by atoms with Crippen LogP contribution in [0.25, 0.3) is 0 Å². The van der Waals surface area contributed by atoms with Gasteiger partial charge in [-0.2, -0.15) is 5.26 Å². The minimum atomic E-state index is -0.407. The number of nitrogens with zero attached hydrogens (tertiary/aromatic N) is 2. The van der Waals surface area contributed by atoms with Gasteiger partial charge in [0.05, 0.1) is 18.2 Å². The molecule has 0 atom stereocenters. The van der Waals surface area contributed by atoms with E-state index < -0.39 is 5.82 Å². The fraction of sp³-hybridized carbons (Fsp3) is 0.600. The average molecular weight is 376 g/mol. The van der Waals surface area contributed by atoms with Crippen LogP contribution in [0.4, 0.5) is 4.39 Å². The lowest BCUT2D eigenvalue weighted by Crippen LogP contribution is -2.38. The third-order valence-electron chi connectivity index (χ3n) is 4.39. The molecule has 1 aromatic carbocycles. The van der Waals surface area contributed by atoms with Crippen molar-refractivity contribution in [1.82, 2.24) is 10.6 Å². The molecule has 27 heavy (non-hydrogen) atoms. The molecule has 2 rings (SSSR count). The van der Waals surface area contributed by atoms with Crippen molar-refractivity contribution in [2.45, 2.75) is 32.7 Å². The molecule has 148 valence electrons. The first-order chi connectivity index (χ1) is 13.2. The normalized spacial score (nSPS) is 15.4. The number of benzene rings is 1. The molecule has 0 aromatic heterocycles. The molecule has 1 saturated heterocycles. The van der Waals surface area contributed by atoms with Crippen LogP contribution in [0.1, 0.15) is 37.3 Å². The molecule has 0 bridgehead atoms. The summed E-state index contributed by atoms with van der Waals surface area (Å²) in [5.41, 5.74) is 0.775. The molecule has 0 spiro atoms. The highest BCUT2D eigenvalue weighted by Gasteiger charge is 2.13. The Labute approximate surface area is 160 Å². The highest BCUT2D eigenvalue weighted by atomic mass is 19.1. The summed E-state index contributed by atoms with van der Waals surface area (Å²) in [7, 11) is 0. The molecule has 1 aromatic rings. The van der Waals surface area contributed by atoms with E-state index in [1.54, 1.807) is 12.1 Å². The molecule has 1 aliphatic heterocycles. The van der Waals surface area contributed by atoms with Gasteiger partial charge in [-0.1, -0.05) is 6.07 Å². The predicted octanol–water partition coefficient (Wildman–Crippen LogP) is 2.59. The van der Waals surface area contributed by atoms with Crippen molar-refractivity contribution in [2.24, 2.45) is 10.9 Å². The van der Waals surface area contributed by atoms with E-state index in [0.717, 1.165) is 52.2 Å². The lowest BCUT2D eigenvalue weighted by Gasteiger charge is -2.21. The van der Waals surface area contributed by atoms with Gasteiger partial charge in [0.25, 0.3) is 0 Å². The van der Waals surface area contributed by atoms with Gasteiger partial charge in [0, 0.05) is 45.1 Å². The van der Waals surface area contributed by atoms with Crippen LogP contribution in [0.5, 0.6) is 0 Å². The van der Waals surface area contributed by atoms with E-state index in [9.17, 15) is 4.39 Å². The number of hydrogen-bond acceptors (Lipinski definition) is 4. The van der Waals surface area contributed by atoms with Gasteiger partial charge in [-0.25, -0.2) is 9.38 Å². The lowest BCUT2D eigenvalue weighted by molar-refractivity contribution is 0.0203. The Kier molecular flexibility index (Phi) is 9.60. The molecule has 0 aliphatic carbocycles. The predicted molar refractivity (Wildman–Crippen MR) is 103 cm³/mol. The van der Waals surface area contributed by atoms with Crippen LogP contribution in [0.2, 0.25) is 0 Å². The first kappa shape index (κ1) is 21.1. The van der Waals surface area contributed by atoms with E-state index in [0.29, 0.717) is 29.6 Å². The summed E-state index contributed by atoms with van der Waals surface area (Å²) in [5, 5.41) is 15.2. The van der Waals surface area contributed by atoms with E-state index in [1.165, 1.54) is 6.07 Å². The summed E-state index contributed by atoms with van der Waals surface area (Å²) < 4.78 is 25.0. The van der Waals surface area contributed by atoms with Gasteiger partial charge in [0.15, 0.2) is 5.96 Å². The van der Waals surface area contributed by atoms with Crippen LogP contribution in [0.15, 0.2) is 23.2 Å². The number of ether oxygens (including phenoxy) is 2. The summed E-state index contributed by atoms with van der Waals surface area (Å²) in [6, 6.07) is 6.37. The summed E-state index contributed by atoms with van der Waals surface area (Å²) in [6.45, 7) is 6.85. The van der Waals surface area contributed by atoms with Crippen LogP contribution in [-0.2, 0) is 16.0 Å². The zero-order valence-corrected chi connectivity index (χ0v) is 16.0. The van der Waals surface area contributed by atoms with Crippen LogP contribution in [-0.4, -0.2) is 45.5 Å². The second-order valence-electron chi connectivity index (χ2n) is 6.52. The third-order valence-corrected chi connectivity index (χ3v) is 4.39. The number of nitrogens with one attached hydrogen (secondary N) is 2. The Bertz CT molecular complexity index is 639. The number of nitriles is 1. The van der Waals surface area contributed by atoms with Crippen molar-refractivity contribution in [3.05, 3.63) is 35.1 Å². The quantitative estimate of drug-likeness (QED) is 0.393. The van der Waals surface area contributed by atoms with Gasteiger partial charge in [-0.15, -0.1) is 0 Å². The van der Waals surface area contributed by atoms with Crippen molar-refractivity contribution in [3.63, 3.8) is 0 Å². The lowest BCUT2D eigenvalue weighted by atomic mass is 10.0.